The molecule has 1 unspecified atom stereocenters. The van der Waals surface area contributed by atoms with Gasteiger partial charge in [0.15, 0.2) is 0 Å². The van der Waals surface area contributed by atoms with Crippen molar-refractivity contribution in [3.63, 3.8) is 0 Å². The second-order valence-electron chi connectivity index (χ2n) is 7.64. The van der Waals surface area contributed by atoms with Crippen LogP contribution in [-0.2, 0) is 17.4 Å². The lowest BCUT2D eigenvalue weighted by molar-refractivity contribution is -0.138. The first-order chi connectivity index (χ1) is 14.8. The standard InChI is InChI=1S/C22H26F3N5O/c23-22(24,25)16-10-12-19(26)30(14-16)20(27)17(11-9-15-6-2-1-3-7-15)29-21(31)18-8-4-5-13-28-18/h1-3,6-7,10,12,14,17-18,26-28H,4-5,8-9,11,13H2,(H,29,31)/t17-,18?/m1/s1. The molecule has 0 bridgehead atoms. The van der Waals surface area contributed by atoms with Crippen LogP contribution in [0.25, 0.3) is 0 Å². The van der Waals surface area contributed by atoms with Crippen molar-refractivity contribution >= 4 is 11.7 Å². The molecule has 1 aliphatic rings. The Labute approximate surface area is 178 Å². The summed E-state index contributed by atoms with van der Waals surface area (Å²) in [5.41, 5.74) is -0.214. The third-order valence-corrected chi connectivity index (χ3v) is 5.37. The van der Waals surface area contributed by atoms with Gasteiger partial charge in [0, 0.05) is 6.20 Å². The number of carbonyl (C=O) groups is 1. The Morgan fingerprint density at radius 2 is 1.94 bits per heavy atom. The third-order valence-electron chi connectivity index (χ3n) is 5.37. The number of nitrogens with zero attached hydrogens (tertiary/aromatic N) is 1. The van der Waals surface area contributed by atoms with E-state index in [0.717, 1.165) is 47.8 Å². The lowest BCUT2D eigenvalue weighted by atomic mass is 10.0. The second-order valence-corrected chi connectivity index (χ2v) is 7.64. The van der Waals surface area contributed by atoms with Gasteiger partial charge in [-0.1, -0.05) is 36.8 Å². The smallest absolute Gasteiger partial charge is 0.345 e. The van der Waals surface area contributed by atoms with E-state index in [1.165, 1.54) is 0 Å². The Bertz CT molecular complexity index is 965. The van der Waals surface area contributed by atoms with Crippen molar-refractivity contribution in [1.29, 1.82) is 10.8 Å². The molecule has 2 atom stereocenters. The maximum Gasteiger partial charge on any atom is 0.417 e. The van der Waals surface area contributed by atoms with Crippen LogP contribution in [0, 0.1) is 10.8 Å². The molecule has 4 N–H and O–H groups in total. The monoisotopic (exact) mass is 433 g/mol. The number of carbonyl (C=O) groups excluding carboxylic acids is 1. The van der Waals surface area contributed by atoms with Gasteiger partial charge in [-0.2, -0.15) is 13.2 Å². The molecule has 1 aromatic carbocycles. The number of aromatic nitrogens is 1. The van der Waals surface area contributed by atoms with Gasteiger partial charge in [0.2, 0.25) is 5.91 Å². The zero-order valence-corrected chi connectivity index (χ0v) is 17.0. The van der Waals surface area contributed by atoms with E-state index in [-0.39, 0.29) is 23.3 Å². The molecule has 1 aliphatic heterocycles. The van der Waals surface area contributed by atoms with Gasteiger partial charge in [0.25, 0.3) is 0 Å². The number of benzene rings is 1. The average Bonchev–Trinajstić information content (AvgIpc) is 2.77. The van der Waals surface area contributed by atoms with Crippen LogP contribution in [0.2, 0.25) is 0 Å². The first kappa shape index (κ1) is 22.7. The molecule has 1 amide bonds. The van der Waals surface area contributed by atoms with Crippen LogP contribution in [0.15, 0.2) is 48.7 Å². The van der Waals surface area contributed by atoms with Crippen LogP contribution in [0.5, 0.6) is 0 Å². The maximum absolute atomic E-state index is 13.2. The largest absolute Gasteiger partial charge is 0.417 e. The summed E-state index contributed by atoms with van der Waals surface area (Å²) in [4.78, 5) is 12.8. The topological polar surface area (TPSA) is 93.8 Å². The molecule has 31 heavy (non-hydrogen) atoms. The van der Waals surface area contributed by atoms with Gasteiger partial charge in [0.1, 0.15) is 11.3 Å². The minimum absolute atomic E-state index is 0.257. The Balaban J connectivity index is 1.84. The fourth-order valence-corrected chi connectivity index (χ4v) is 3.62. The van der Waals surface area contributed by atoms with E-state index >= 15 is 0 Å². The van der Waals surface area contributed by atoms with Crippen molar-refractivity contribution in [2.24, 2.45) is 0 Å². The minimum Gasteiger partial charge on any atom is -0.345 e. The van der Waals surface area contributed by atoms with Crippen LogP contribution < -0.4 is 16.1 Å². The van der Waals surface area contributed by atoms with E-state index in [9.17, 15) is 18.0 Å². The summed E-state index contributed by atoms with van der Waals surface area (Å²) in [5, 5.41) is 22.5. The predicted octanol–water partition coefficient (Wildman–Crippen LogP) is 3.07. The van der Waals surface area contributed by atoms with Crippen LogP contribution in [-0.4, -0.2) is 34.9 Å². The van der Waals surface area contributed by atoms with Gasteiger partial charge in [0.05, 0.1) is 17.6 Å². The highest BCUT2D eigenvalue weighted by Gasteiger charge is 2.32. The zero-order chi connectivity index (χ0) is 22.4. The molecule has 0 saturated carbocycles. The summed E-state index contributed by atoms with van der Waals surface area (Å²) in [6.07, 6.45) is -0.431. The van der Waals surface area contributed by atoms with Crippen molar-refractivity contribution in [2.75, 3.05) is 6.54 Å². The SMILES string of the molecule is N=C([C@@H](CCc1ccccc1)NC(=O)C1CCCCN1)n1cc(C(F)(F)F)ccc1=N. The lowest BCUT2D eigenvalue weighted by Gasteiger charge is -2.27. The molecule has 166 valence electrons. The highest BCUT2D eigenvalue weighted by atomic mass is 19.4. The number of hydrogen-bond acceptors (Lipinski definition) is 4. The molecule has 9 heteroatoms. The predicted molar refractivity (Wildman–Crippen MR) is 111 cm³/mol. The summed E-state index contributed by atoms with van der Waals surface area (Å²) < 4.78 is 40.4. The molecule has 0 aliphatic carbocycles. The van der Waals surface area contributed by atoms with Gasteiger partial charge in [-0.25, -0.2) is 0 Å². The molecule has 6 nitrogen and oxygen atoms in total. The van der Waals surface area contributed by atoms with E-state index in [0.29, 0.717) is 19.3 Å². The normalized spacial score (nSPS) is 17.7. The van der Waals surface area contributed by atoms with Gasteiger partial charge in [-0.05, 0) is 49.9 Å². The second kappa shape index (κ2) is 9.91. The number of nitrogens with one attached hydrogen (secondary N) is 4. The molecular weight excluding hydrogens is 407 g/mol. The van der Waals surface area contributed by atoms with Gasteiger partial charge < -0.3 is 10.6 Å². The fourth-order valence-electron chi connectivity index (χ4n) is 3.62. The summed E-state index contributed by atoms with van der Waals surface area (Å²) in [6.45, 7) is 0.726. The molecular formula is C22H26F3N5O. The molecule has 1 fully saturated rings. The van der Waals surface area contributed by atoms with Crippen molar-refractivity contribution in [3.8, 4) is 0 Å². The lowest BCUT2D eigenvalue weighted by Crippen LogP contribution is -2.53. The zero-order valence-electron chi connectivity index (χ0n) is 17.0. The highest BCUT2D eigenvalue weighted by molar-refractivity contribution is 5.92. The van der Waals surface area contributed by atoms with E-state index < -0.39 is 17.8 Å². The molecule has 2 aromatic rings. The number of amides is 1. The summed E-state index contributed by atoms with van der Waals surface area (Å²) in [7, 11) is 0. The number of rotatable bonds is 6. The average molecular weight is 433 g/mol. The minimum atomic E-state index is -4.59. The Morgan fingerprint density at radius 3 is 2.58 bits per heavy atom. The molecule has 0 spiro atoms. The number of alkyl halides is 3. The number of piperidine rings is 1. The van der Waals surface area contributed by atoms with E-state index in [1.807, 2.05) is 30.3 Å². The van der Waals surface area contributed by atoms with Crippen molar-refractivity contribution in [3.05, 3.63) is 65.3 Å². The summed E-state index contributed by atoms with van der Waals surface area (Å²) in [5.74, 6) is -0.544. The van der Waals surface area contributed by atoms with E-state index in [2.05, 4.69) is 10.6 Å². The number of halogens is 3. The molecule has 2 heterocycles. The van der Waals surface area contributed by atoms with Gasteiger partial charge in [-0.3, -0.25) is 20.2 Å². The molecule has 1 saturated heterocycles. The van der Waals surface area contributed by atoms with Crippen molar-refractivity contribution < 1.29 is 18.0 Å². The molecule has 0 radical (unpaired) electrons. The summed E-state index contributed by atoms with van der Waals surface area (Å²) >= 11 is 0. The Hall–Kier alpha value is -2.94. The van der Waals surface area contributed by atoms with Crippen LogP contribution in [0.1, 0.15) is 36.8 Å². The van der Waals surface area contributed by atoms with E-state index in [4.69, 9.17) is 10.8 Å². The maximum atomic E-state index is 13.2. The first-order valence-corrected chi connectivity index (χ1v) is 10.3. The van der Waals surface area contributed by atoms with Gasteiger partial charge >= 0.3 is 6.18 Å². The Kier molecular flexibility index (Phi) is 7.27. The number of pyridine rings is 1. The third kappa shape index (κ3) is 6.04. The first-order valence-electron chi connectivity index (χ1n) is 10.3. The fraction of sp³-hybridized carbons (Fsp3) is 0.409. The molecule has 1 aromatic heterocycles. The van der Waals surface area contributed by atoms with Crippen molar-refractivity contribution in [2.45, 2.75) is 50.4 Å². The summed E-state index contributed by atoms with van der Waals surface area (Å²) in [6, 6.07) is 10.1. The van der Waals surface area contributed by atoms with Crippen molar-refractivity contribution in [1.82, 2.24) is 15.2 Å². The number of hydrogen-bond donors (Lipinski definition) is 4. The van der Waals surface area contributed by atoms with Crippen LogP contribution in [0.3, 0.4) is 0 Å². The molecule has 3 rings (SSSR count). The van der Waals surface area contributed by atoms with Gasteiger partial charge in [-0.15, -0.1) is 0 Å². The Morgan fingerprint density at radius 1 is 1.19 bits per heavy atom. The van der Waals surface area contributed by atoms with E-state index in [1.54, 1.807) is 0 Å². The van der Waals surface area contributed by atoms with Crippen LogP contribution in [0.4, 0.5) is 13.2 Å². The number of aryl methyl sites for hydroxylation is 1. The highest BCUT2D eigenvalue weighted by Crippen LogP contribution is 2.28. The quantitative estimate of drug-likeness (QED) is 0.416. The van der Waals surface area contributed by atoms with Crippen LogP contribution >= 0.6 is 0 Å².